The summed E-state index contributed by atoms with van der Waals surface area (Å²) in [6.45, 7) is 1.57. The van der Waals surface area contributed by atoms with Crippen molar-refractivity contribution in [2.45, 2.75) is 12.6 Å². The van der Waals surface area contributed by atoms with Gasteiger partial charge < -0.3 is 10.2 Å². The molecule has 1 aromatic rings. The number of hydrogen-bond donors (Lipinski definition) is 1. The van der Waals surface area contributed by atoms with Crippen molar-refractivity contribution in [2.24, 2.45) is 5.92 Å². The first-order valence-corrected chi connectivity index (χ1v) is 6.63. The van der Waals surface area contributed by atoms with Crippen molar-refractivity contribution < 1.29 is 22.4 Å². The zero-order valence-electron chi connectivity index (χ0n) is 11.5. The molecule has 1 fully saturated rings. The van der Waals surface area contributed by atoms with E-state index < -0.39 is 29.0 Å². The van der Waals surface area contributed by atoms with Crippen molar-refractivity contribution in [1.82, 2.24) is 10.2 Å². The number of nitrogens with one attached hydrogen (secondary N) is 1. The average molecular weight is 304 g/mol. The van der Waals surface area contributed by atoms with Gasteiger partial charge in [0, 0.05) is 13.1 Å². The van der Waals surface area contributed by atoms with Crippen molar-refractivity contribution in [2.75, 3.05) is 26.7 Å². The molecule has 21 heavy (non-hydrogen) atoms. The van der Waals surface area contributed by atoms with Gasteiger partial charge in [-0.15, -0.1) is 0 Å². The first-order chi connectivity index (χ1) is 9.82. The molecule has 7 heteroatoms. The van der Waals surface area contributed by atoms with Crippen molar-refractivity contribution in [3.05, 3.63) is 35.1 Å². The molecule has 116 valence electrons. The predicted molar refractivity (Wildman–Crippen MR) is 69.3 cm³/mol. The molecule has 1 aliphatic heterocycles. The van der Waals surface area contributed by atoms with Gasteiger partial charge in [0.25, 0.3) is 5.91 Å². The lowest BCUT2D eigenvalue weighted by atomic mass is 10.1. The Morgan fingerprint density at radius 2 is 2.14 bits per heavy atom. The second kappa shape index (κ2) is 6.01. The zero-order valence-corrected chi connectivity index (χ0v) is 11.5. The Morgan fingerprint density at radius 3 is 2.76 bits per heavy atom. The Bertz CT molecular complexity index is 530. The van der Waals surface area contributed by atoms with Gasteiger partial charge in [0.15, 0.2) is 0 Å². The lowest BCUT2D eigenvalue weighted by Gasteiger charge is -2.18. The van der Waals surface area contributed by atoms with E-state index in [4.69, 9.17) is 0 Å². The monoisotopic (exact) mass is 304 g/mol. The van der Waals surface area contributed by atoms with Crippen LogP contribution in [-0.4, -0.2) is 37.5 Å². The van der Waals surface area contributed by atoms with E-state index >= 15 is 0 Å². The fourth-order valence-corrected chi connectivity index (χ4v) is 2.51. The molecule has 1 unspecified atom stereocenters. The Hall–Kier alpha value is -1.63. The van der Waals surface area contributed by atoms with Crippen LogP contribution in [0.4, 0.5) is 17.6 Å². The van der Waals surface area contributed by atoms with Gasteiger partial charge in [0.2, 0.25) is 0 Å². The van der Waals surface area contributed by atoms with E-state index in [0.717, 1.165) is 13.0 Å². The zero-order chi connectivity index (χ0) is 15.6. The molecule has 0 saturated carbocycles. The first-order valence-electron chi connectivity index (χ1n) is 6.63. The second-order valence-electron chi connectivity index (χ2n) is 5.16. The van der Waals surface area contributed by atoms with Crippen LogP contribution in [0.5, 0.6) is 0 Å². The van der Waals surface area contributed by atoms with Crippen LogP contribution in [0.1, 0.15) is 22.3 Å². The molecule has 2 rings (SSSR count). The summed E-state index contributed by atoms with van der Waals surface area (Å²) in [7, 11) is 1.79. The second-order valence-corrected chi connectivity index (χ2v) is 5.16. The largest absolute Gasteiger partial charge is 0.416 e. The molecule has 1 heterocycles. The molecule has 0 radical (unpaired) electrons. The third-order valence-electron chi connectivity index (χ3n) is 3.59. The first kappa shape index (κ1) is 15.8. The molecular weight excluding hydrogens is 288 g/mol. The lowest BCUT2D eigenvalue weighted by Crippen LogP contribution is -2.31. The van der Waals surface area contributed by atoms with E-state index in [2.05, 4.69) is 5.32 Å². The van der Waals surface area contributed by atoms with Crippen LogP contribution in [-0.2, 0) is 6.18 Å². The summed E-state index contributed by atoms with van der Waals surface area (Å²) >= 11 is 0. The number of nitrogens with zero attached hydrogens (tertiary/aromatic N) is 1. The highest BCUT2D eigenvalue weighted by Crippen LogP contribution is 2.31. The summed E-state index contributed by atoms with van der Waals surface area (Å²) in [5, 5.41) is 2.99. The number of hydrogen-bond acceptors (Lipinski definition) is 2. The van der Waals surface area contributed by atoms with Gasteiger partial charge in [-0.2, -0.15) is 13.2 Å². The number of likely N-dealkylation sites (tertiary alicyclic amines) is 1. The van der Waals surface area contributed by atoms with E-state index in [0.29, 0.717) is 31.3 Å². The third kappa shape index (κ3) is 3.53. The molecule has 1 atom stereocenters. The summed E-state index contributed by atoms with van der Waals surface area (Å²) in [5.41, 5.74) is -1.53. The highest BCUT2D eigenvalue weighted by atomic mass is 19.4. The van der Waals surface area contributed by atoms with Gasteiger partial charge in [-0.3, -0.25) is 4.79 Å². The molecule has 1 saturated heterocycles. The number of amides is 1. The van der Waals surface area contributed by atoms with Crippen LogP contribution in [0.3, 0.4) is 0 Å². The fourth-order valence-electron chi connectivity index (χ4n) is 2.51. The number of alkyl halides is 3. The summed E-state index contributed by atoms with van der Waals surface area (Å²) < 4.78 is 51.6. The van der Waals surface area contributed by atoms with E-state index in [-0.39, 0.29) is 5.92 Å². The highest BCUT2D eigenvalue weighted by molar-refractivity contribution is 5.94. The normalized spacial score (nSPS) is 19.1. The topological polar surface area (TPSA) is 32.3 Å². The minimum absolute atomic E-state index is 0.243. The molecule has 1 aliphatic rings. The van der Waals surface area contributed by atoms with Gasteiger partial charge in [-0.25, -0.2) is 4.39 Å². The van der Waals surface area contributed by atoms with Gasteiger partial charge in [0.05, 0.1) is 11.1 Å². The number of rotatable bonds is 3. The van der Waals surface area contributed by atoms with Crippen LogP contribution in [0.25, 0.3) is 0 Å². The molecule has 1 N–H and O–H groups in total. The van der Waals surface area contributed by atoms with Crippen molar-refractivity contribution in [1.29, 1.82) is 0 Å². The lowest BCUT2D eigenvalue weighted by molar-refractivity contribution is -0.137. The summed E-state index contributed by atoms with van der Waals surface area (Å²) in [5.74, 6) is -1.37. The minimum atomic E-state index is -4.59. The molecule has 1 aromatic carbocycles. The fraction of sp³-hybridized carbons (Fsp3) is 0.500. The number of halogens is 4. The summed E-state index contributed by atoms with van der Waals surface area (Å²) in [4.78, 5) is 13.6. The van der Waals surface area contributed by atoms with Gasteiger partial charge in [0.1, 0.15) is 5.82 Å². The molecule has 0 aromatic heterocycles. The maximum absolute atomic E-state index is 13.7. The summed E-state index contributed by atoms with van der Waals surface area (Å²) in [6.07, 6.45) is -3.84. The van der Waals surface area contributed by atoms with E-state index in [1.54, 1.807) is 7.05 Å². The maximum atomic E-state index is 13.7. The summed E-state index contributed by atoms with van der Waals surface area (Å²) in [6, 6.07) is 1.92. The molecule has 1 amide bonds. The number of carbonyl (C=O) groups is 1. The van der Waals surface area contributed by atoms with Crippen LogP contribution in [0.2, 0.25) is 0 Å². The Morgan fingerprint density at radius 1 is 1.43 bits per heavy atom. The van der Waals surface area contributed by atoms with Crippen LogP contribution in [0.15, 0.2) is 18.2 Å². The van der Waals surface area contributed by atoms with E-state index in [1.807, 2.05) is 0 Å². The number of benzene rings is 1. The van der Waals surface area contributed by atoms with Crippen LogP contribution in [0, 0.1) is 11.7 Å². The highest BCUT2D eigenvalue weighted by Gasteiger charge is 2.33. The average Bonchev–Trinajstić information content (AvgIpc) is 2.86. The molecule has 0 bridgehead atoms. The van der Waals surface area contributed by atoms with Crippen LogP contribution >= 0.6 is 0 Å². The quantitative estimate of drug-likeness (QED) is 0.870. The standard InChI is InChI=1S/C14H16F4N2O/c1-19-7-9-4-5-20(8-9)13(21)11-6-10(14(16,17)18)2-3-12(11)15/h2-3,6,9,19H,4-5,7-8H2,1H3. The Balaban J connectivity index is 2.20. The maximum Gasteiger partial charge on any atom is 0.416 e. The molecular formula is C14H16F4N2O. The SMILES string of the molecule is CNCC1CCN(C(=O)c2cc(C(F)(F)F)ccc2F)C1. The van der Waals surface area contributed by atoms with E-state index in [9.17, 15) is 22.4 Å². The van der Waals surface area contributed by atoms with Crippen molar-refractivity contribution >= 4 is 5.91 Å². The smallest absolute Gasteiger partial charge is 0.338 e. The molecule has 0 aliphatic carbocycles. The molecule has 0 spiro atoms. The van der Waals surface area contributed by atoms with Gasteiger partial charge in [-0.05, 0) is 44.1 Å². The van der Waals surface area contributed by atoms with Crippen molar-refractivity contribution in [3.63, 3.8) is 0 Å². The number of carbonyl (C=O) groups excluding carboxylic acids is 1. The van der Waals surface area contributed by atoms with Gasteiger partial charge >= 0.3 is 6.18 Å². The van der Waals surface area contributed by atoms with Gasteiger partial charge in [-0.1, -0.05) is 0 Å². The minimum Gasteiger partial charge on any atom is -0.338 e. The Kier molecular flexibility index (Phi) is 4.51. The Labute approximate surface area is 119 Å². The third-order valence-corrected chi connectivity index (χ3v) is 3.59. The molecule has 3 nitrogen and oxygen atoms in total. The van der Waals surface area contributed by atoms with Crippen molar-refractivity contribution in [3.8, 4) is 0 Å². The van der Waals surface area contributed by atoms with E-state index in [1.165, 1.54) is 4.90 Å². The predicted octanol–water partition coefficient (Wildman–Crippen LogP) is 2.53. The van der Waals surface area contributed by atoms with Crippen LogP contribution < -0.4 is 5.32 Å².